The minimum atomic E-state index is 0. The highest BCUT2D eigenvalue weighted by Gasteiger charge is 2.11. The molecule has 1 rings (SSSR count). The van der Waals surface area contributed by atoms with Crippen LogP contribution in [0.1, 0.15) is 38.7 Å². The van der Waals surface area contributed by atoms with Crippen molar-refractivity contribution in [3.8, 4) is 17.2 Å². The summed E-state index contributed by atoms with van der Waals surface area (Å²) in [5.74, 6) is 2.86. The summed E-state index contributed by atoms with van der Waals surface area (Å²) in [5.41, 5.74) is 0.945. The highest BCUT2D eigenvalue weighted by molar-refractivity contribution is 14.0. The number of hydrogen-bond donors (Lipinski definition) is 2. The molecule has 0 saturated carbocycles. The molecule has 0 spiro atoms. The molecule has 25 heavy (non-hydrogen) atoms. The fraction of sp³-hybridized carbons (Fsp3) is 0.611. The highest BCUT2D eigenvalue weighted by atomic mass is 127. The number of nitrogens with one attached hydrogen (secondary N) is 2. The van der Waals surface area contributed by atoms with Crippen LogP contribution in [0.4, 0.5) is 0 Å². The number of hydrogen-bond acceptors (Lipinski definition) is 4. The standard InChI is InChI=1S/C18H31N3O3.HI/c1-6-8-9-10-20-18(19-7-2)21-13-14-11-16(23-4)17(24-5)12-15(14)22-3;/h11-12H,6-10,13H2,1-5H3,(H2,19,20,21);1H. The number of methoxy groups -OCH3 is 3. The minimum absolute atomic E-state index is 0. The second-order valence-corrected chi connectivity index (χ2v) is 5.35. The first-order valence-corrected chi connectivity index (χ1v) is 8.51. The van der Waals surface area contributed by atoms with E-state index in [4.69, 9.17) is 14.2 Å². The van der Waals surface area contributed by atoms with E-state index in [1.807, 2.05) is 12.1 Å². The third-order valence-corrected chi connectivity index (χ3v) is 3.61. The van der Waals surface area contributed by atoms with Gasteiger partial charge in [-0.15, -0.1) is 24.0 Å². The molecule has 7 heteroatoms. The summed E-state index contributed by atoms with van der Waals surface area (Å²) in [6.07, 6.45) is 3.56. The fourth-order valence-electron chi connectivity index (χ4n) is 2.30. The monoisotopic (exact) mass is 465 g/mol. The minimum Gasteiger partial charge on any atom is -0.496 e. The lowest BCUT2D eigenvalue weighted by Crippen LogP contribution is -2.37. The Bertz CT molecular complexity index is 525. The summed E-state index contributed by atoms with van der Waals surface area (Å²) >= 11 is 0. The van der Waals surface area contributed by atoms with E-state index in [-0.39, 0.29) is 24.0 Å². The molecule has 2 N–H and O–H groups in total. The van der Waals surface area contributed by atoms with Gasteiger partial charge in [0.1, 0.15) is 5.75 Å². The van der Waals surface area contributed by atoms with E-state index in [1.165, 1.54) is 12.8 Å². The lowest BCUT2D eigenvalue weighted by atomic mass is 10.1. The summed E-state index contributed by atoms with van der Waals surface area (Å²) in [5, 5.41) is 6.62. The van der Waals surface area contributed by atoms with Crippen molar-refractivity contribution >= 4 is 29.9 Å². The van der Waals surface area contributed by atoms with E-state index in [1.54, 1.807) is 21.3 Å². The van der Waals surface area contributed by atoms with E-state index in [9.17, 15) is 0 Å². The van der Waals surface area contributed by atoms with Crippen molar-refractivity contribution in [3.63, 3.8) is 0 Å². The first kappa shape index (κ1) is 23.6. The van der Waals surface area contributed by atoms with Crippen LogP contribution in [-0.4, -0.2) is 40.4 Å². The van der Waals surface area contributed by atoms with Gasteiger partial charge < -0.3 is 24.8 Å². The average molecular weight is 465 g/mol. The Kier molecular flexibility index (Phi) is 13.1. The molecule has 0 aromatic heterocycles. The van der Waals surface area contributed by atoms with Gasteiger partial charge in [-0.1, -0.05) is 19.8 Å². The van der Waals surface area contributed by atoms with Crippen LogP contribution in [0.2, 0.25) is 0 Å². The van der Waals surface area contributed by atoms with Crippen molar-refractivity contribution in [1.82, 2.24) is 10.6 Å². The van der Waals surface area contributed by atoms with Gasteiger partial charge in [-0.3, -0.25) is 0 Å². The number of benzene rings is 1. The molecule has 1 aromatic rings. The van der Waals surface area contributed by atoms with E-state index in [2.05, 4.69) is 29.5 Å². The van der Waals surface area contributed by atoms with Crippen LogP contribution in [-0.2, 0) is 6.54 Å². The van der Waals surface area contributed by atoms with E-state index in [0.717, 1.165) is 36.8 Å². The maximum absolute atomic E-state index is 5.45. The molecule has 0 aliphatic rings. The largest absolute Gasteiger partial charge is 0.496 e. The number of halogens is 1. The van der Waals surface area contributed by atoms with Crippen molar-refractivity contribution in [3.05, 3.63) is 17.7 Å². The Morgan fingerprint density at radius 1 is 0.920 bits per heavy atom. The van der Waals surface area contributed by atoms with Crippen LogP contribution in [0.15, 0.2) is 17.1 Å². The molecule has 0 fully saturated rings. The second kappa shape index (κ2) is 13.9. The number of nitrogens with zero attached hydrogens (tertiary/aromatic N) is 1. The van der Waals surface area contributed by atoms with Gasteiger partial charge in [0.05, 0.1) is 27.9 Å². The van der Waals surface area contributed by atoms with Crippen molar-refractivity contribution in [1.29, 1.82) is 0 Å². The predicted octanol–water partition coefficient (Wildman–Crippen LogP) is 3.58. The zero-order valence-electron chi connectivity index (χ0n) is 16.0. The van der Waals surface area contributed by atoms with Gasteiger partial charge in [0, 0.05) is 24.7 Å². The molecule has 144 valence electrons. The summed E-state index contributed by atoms with van der Waals surface area (Å²) in [7, 11) is 4.87. The molecule has 0 saturated heterocycles. The first-order valence-electron chi connectivity index (χ1n) is 8.51. The van der Waals surface area contributed by atoms with Crippen LogP contribution in [0.3, 0.4) is 0 Å². The highest BCUT2D eigenvalue weighted by Crippen LogP contribution is 2.34. The van der Waals surface area contributed by atoms with Crippen LogP contribution in [0, 0.1) is 0 Å². The maximum Gasteiger partial charge on any atom is 0.191 e. The lowest BCUT2D eigenvalue weighted by molar-refractivity contribution is 0.347. The van der Waals surface area contributed by atoms with Crippen molar-refractivity contribution in [2.24, 2.45) is 4.99 Å². The molecule has 0 radical (unpaired) electrons. The number of ether oxygens (including phenoxy) is 3. The first-order chi connectivity index (χ1) is 11.7. The van der Waals surface area contributed by atoms with Gasteiger partial charge in [0.2, 0.25) is 0 Å². The maximum atomic E-state index is 5.45. The number of unbranched alkanes of at least 4 members (excludes halogenated alkanes) is 2. The van der Waals surface area contributed by atoms with Gasteiger partial charge >= 0.3 is 0 Å². The van der Waals surface area contributed by atoms with Crippen molar-refractivity contribution < 1.29 is 14.2 Å². The topological polar surface area (TPSA) is 64.1 Å². The summed E-state index contributed by atoms with van der Waals surface area (Å²) in [4.78, 5) is 4.64. The molecule has 0 heterocycles. The molecule has 0 aliphatic heterocycles. The van der Waals surface area contributed by atoms with Gasteiger partial charge in [-0.05, 0) is 19.4 Å². The number of rotatable bonds is 10. The zero-order chi connectivity index (χ0) is 17.8. The normalized spacial score (nSPS) is 10.7. The van der Waals surface area contributed by atoms with Crippen molar-refractivity contribution in [2.75, 3.05) is 34.4 Å². The van der Waals surface area contributed by atoms with Crippen LogP contribution in [0.25, 0.3) is 0 Å². The number of aliphatic imine (C=N–C) groups is 1. The van der Waals surface area contributed by atoms with Gasteiger partial charge in [0.25, 0.3) is 0 Å². The van der Waals surface area contributed by atoms with Crippen LogP contribution < -0.4 is 24.8 Å². The third kappa shape index (κ3) is 8.02. The smallest absolute Gasteiger partial charge is 0.191 e. The Morgan fingerprint density at radius 2 is 1.56 bits per heavy atom. The Balaban J connectivity index is 0.00000576. The Morgan fingerprint density at radius 3 is 2.12 bits per heavy atom. The molecular weight excluding hydrogens is 433 g/mol. The molecule has 0 bridgehead atoms. The average Bonchev–Trinajstić information content (AvgIpc) is 2.62. The number of guanidine groups is 1. The van der Waals surface area contributed by atoms with E-state index in [0.29, 0.717) is 18.0 Å². The Labute approximate surface area is 168 Å². The molecule has 0 aliphatic carbocycles. The van der Waals surface area contributed by atoms with E-state index < -0.39 is 0 Å². The third-order valence-electron chi connectivity index (χ3n) is 3.61. The molecule has 0 atom stereocenters. The second-order valence-electron chi connectivity index (χ2n) is 5.35. The summed E-state index contributed by atoms with van der Waals surface area (Å²) in [6.45, 7) is 6.49. The molecule has 0 amide bonds. The predicted molar refractivity (Wildman–Crippen MR) is 114 cm³/mol. The quantitative estimate of drug-likeness (QED) is 0.240. The summed E-state index contributed by atoms with van der Waals surface area (Å²) < 4.78 is 16.1. The van der Waals surface area contributed by atoms with Gasteiger partial charge in [0.15, 0.2) is 17.5 Å². The van der Waals surface area contributed by atoms with Gasteiger partial charge in [-0.2, -0.15) is 0 Å². The van der Waals surface area contributed by atoms with Gasteiger partial charge in [-0.25, -0.2) is 4.99 Å². The zero-order valence-corrected chi connectivity index (χ0v) is 18.3. The fourth-order valence-corrected chi connectivity index (χ4v) is 2.30. The SMILES string of the molecule is CCCCCNC(=NCc1cc(OC)c(OC)cc1OC)NCC.I. The summed E-state index contributed by atoms with van der Waals surface area (Å²) in [6, 6.07) is 3.73. The van der Waals surface area contributed by atoms with Crippen LogP contribution in [0.5, 0.6) is 17.2 Å². The molecule has 6 nitrogen and oxygen atoms in total. The molecule has 1 aromatic carbocycles. The molecular formula is C18H32IN3O3. The molecule has 0 unspecified atom stereocenters. The van der Waals surface area contributed by atoms with Crippen molar-refractivity contribution in [2.45, 2.75) is 39.7 Å². The van der Waals surface area contributed by atoms with E-state index >= 15 is 0 Å². The lowest BCUT2D eigenvalue weighted by Gasteiger charge is -2.14. The van der Waals surface area contributed by atoms with Crippen LogP contribution >= 0.6 is 24.0 Å². The Hall–Kier alpha value is -1.38.